The molecule has 0 unspecified atom stereocenters. The summed E-state index contributed by atoms with van der Waals surface area (Å²) < 4.78 is 42.3. The summed E-state index contributed by atoms with van der Waals surface area (Å²) in [5.41, 5.74) is 0.386. The first-order chi connectivity index (χ1) is 16.3. The smallest absolute Gasteiger partial charge is 0.304 e. The van der Waals surface area contributed by atoms with Gasteiger partial charge in [0, 0.05) is 32.2 Å². The van der Waals surface area contributed by atoms with Crippen molar-refractivity contribution in [3.63, 3.8) is 0 Å². The van der Waals surface area contributed by atoms with Gasteiger partial charge in [-0.3, -0.25) is 9.59 Å². The predicted molar refractivity (Wildman–Crippen MR) is 136 cm³/mol. The zero-order valence-electron chi connectivity index (χ0n) is 20.5. The molecule has 2 amide bonds. The van der Waals surface area contributed by atoms with Gasteiger partial charge in [0.2, 0.25) is 11.8 Å². The van der Waals surface area contributed by atoms with Gasteiger partial charge in [0.1, 0.15) is 18.4 Å². The lowest BCUT2D eigenvalue weighted by Crippen LogP contribution is -2.52. The Morgan fingerprint density at radius 3 is 2.29 bits per heavy atom. The maximum absolute atomic E-state index is 14.6. The number of hydrogen-bond acceptors (Lipinski definition) is 4. The van der Waals surface area contributed by atoms with Crippen molar-refractivity contribution in [3.05, 3.63) is 64.9 Å². The average Bonchev–Trinajstić information content (AvgIpc) is 2.79. The van der Waals surface area contributed by atoms with Crippen LogP contribution in [-0.4, -0.2) is 62.7 Å². The van der Waals surface area contributed by atoms with Crippen LogP contribution in [0, 0.1) is 11.7 Å². The third kappa shape index (κ3) is 7.65. The van der Waals surface area contributed by atoms with Crippen LogP contribution >= 0.6 is 11.6 Å². The number of amides is 2. The molecule has 0 heterocycles. The standard InChI is InChI=1S/C24H32ClFN4O4S/c1-17(2)14-27-24(32)18(3)29(15-19-9-8-10-20(25)13-19)23(31)16-30(35(33,34)28(4)5)22-12-7-6-11-21(22)26/h6-13,17-18H,14-16H2,1-5H3,(H,27,32)/t18-/m1/s1. The highest BCUT2D eigenvalue weighted by atomic mass is 35.5. The van der Waals surface area contributed by atoms with Gasteiger partial charge >= 0.3 is 10.2 Å². The number of carbonyl (C=O) groups is 2. The Morgan fingerprint density at radius 1 is 1.06 bits per heavy atom. The van der Waals surface area contributed by atoms with Crippen LogP contribution in [0.3, 0.4) is 0 Å². The first-order valence-electron chi connectivity index (χ1n) is 11.1. The SMILES string of the molecule is CC(C)CNC(=O)[C@@H](C)N(Cc1cccc(Cl)c1)C(=O)CN(c1ccccc1F)S(=O)(=O)N(C)C. The first-order valence-corrected chi connectivity index (χ1v) is 12.9. The van der Waals surface area contributed by atoms with Crippen molar-refractivity contribution in [2.45, 2.75) is 33.4 Å². The molecule has 0 aliphatic heterocycles. The summed E-state index contributed by atoms with van der Waals surface area (Å²) >= 11 is 6.09. The Labute approximate surface area is 211 Å². The van der Waals surface area contributed by atoms with Gasteiger partial charge in [-0.05, 0) is 42.7 Å². The Kier molecular flexibility index (Phi) is 10.1. The van der Waals surface area contributed by atoms with Gasteiger partial charge in [0.05, 0.1) is 5.69 Å². The lowest BCUT2D eigenvalue weighted by molar-refractivity contribution is -0.139. The van der Waals surface area contributed by atoms with E-state index in [9.17, 15) is 22.4 Å². The number of hydrogen-bond donors (Lipinski definition) is 1. The molecule has 0 radical (unpaired) electrons. The molecule has 0 fully saturated rings. The quantitative estimate of drug-likeness (QED) is 0.486. The maximum atomic E-state index is 14.6. The molecule has 0 spiro atoms. The lowest BCUT2D eigenvalue weighted by Gasteiger charge is -2.33. The van der Waals surface area contributed by atoms with Crippen LogP contribution in [0.5, 0.6) is 0 Å². The van der Waals surface area contributed by atoms with Gasteiger partial charge in [-0.2, -0.15) is 12.7 Å². The Balaban J connectivity index is 2.45. The summed E-state index contributed by atoms with van der Waals surface area (Å²) in [6.45, 7) is 5.16. The zero-order valence-corrected chi connectivity index (χ0v) is 22.1. The van der Waals surface area contributed by atoms with E-state index in [1.165, 1.54) is 37.2 Å². The molecule has 0 saturated heterocycles. The molecule has 2 aromatic carbocycles. The highest BCUT2D eigenvalue weighted by molar-refractivity contribution is 7.90. The van der Waals surface area contributed by atoms with E-state index >= 15 is 0 Å². The van der Waals surface area contributed by atoms with Crippen molar-refractivity contribution in [2.24, 2.45) is 5.92 Å². The number of anilines is 1. The molecule has 0 aliphatic carbocycles. The number of rotatable bonds is 11. The zero-order chi connectivity index (χ0) is 26.3. The van der Waals surface area contributed by atoms with Crippen LogP contribution in [-0.2, 0) is 26.3 Å². The monoisotopic (exact) mass is 526 g/mol. The van der Waals surface area contributed by atoms with Gasteiger partial charge in [0.15, 0.2) is 0 Å². The van der Waals surface area contributed by atoms with Gasteiger partial charge in [-0.15, -0.1) is 0 Å². The fourth-order valence-electron chi connectivity index (χ4n) is 3.22. The van der Waals surface area contributed by atoms with Crippen LogP contribution in [0.1, 0.15) is 26.3 Å². The number of nitrogens with one attached hydrogen (secondary N) is 1. The Morgan fingerprint density at radius 2 is 1.71 bits per heavy atom. The fraction of sp³-hybridized carbons (Fsp3) is 0.417. The lowest BCUT2D eigenvalue weighted by atomic mass is 10.1. The molecule has 192 valence electrons. The largest absolute Gasteiger partial charge is 0.354 e. The van der Waals surface area contributed by atoms with E-state index in [1.807, 2.05) is 13.8 Å². The normalized spacial score (nSPS) is 12.5. The van der Waals surface area contributed by atoms with E-state index in [0.29, 0.717) is 21.4 Å². The summed E-state index contributed by atoms with van der Waals surface area (Å²) in [5.74, 6) is -1.66. The average molecular weight is 527 g/mol. The molecule has 1 N–H and O–H groups in total. The second-order valence-corrected chi connectivity index (χ2v) is 11.2. The van der Waals surface area contributed by atoms with Crippen LogP contribution in [0.25, 0.3) is 0 Å². The molecule has 0 aliphatic rings. The molecule has 1 atom stereocenters. The summed E-state index contributed by atoms with van der Waals surface area (Å²) in [6.07, 6.45) is 0. The minimum Gasteiger partial charge on any atom is -0.354 e. The number of halogens is 2. The third-order valence-electron chi connectivity index (χ3n) is 5.23. The van der Waals surface area contributed by atoms with Crippen molar-refractivity contribution in [1.82, 2.24) is 14.5 Å². The highest BCUT2D eigenvalue weighted by Gasteiger charge is 2.33. The number of para-hydroxylation sites is 1. The molecule has 11 heteroatoms. The predicted octanol–water partition coefficient (Wildman–Crippen LogP) is 3.28. The summed E-state index contributed by atoms with van der Waals surface area (Å²) in [7, 11) is -1.65. The summed E-state index contributed by atoms with van der Waals surface area (Å²) in [6, 6.07) is 11.2. The molecular formula is C24H32ClFN4O4S. The van der Waals surface area contributed by atoms with Gasteiger partial charge < -0.3 is 10.2 Å². The molecule has 8 nitrogen and oxygen atoms in total. The number of nitrogens with zero attached hydrogens (tertiary/aromatic N) is 3. The van der Waals surface area contributed by atoms with E-state index in [4.69, 9.17) is 11.6 Å². The first kappa shape index (κ1) is 28.5. The van der Waals surface area contributed by atoms with Gasteiger partial charge in [-0.1, -0.05) is 49.7 Å². The van der Waals surface area contributed by atoms with Crippen molar-refractivity contribution in [2.75, 3.05) is 31.5 Å². The van der Waals surface area contributed by atoms with Crippen molar-refractivity contribution in [3.8, 4) is 0 Å². The van der Waals surface area contributed by atoms with E-state index in [0.717, 1.165) is 10.4 Å². The van der Waals surface area contributed by atoms with Crippen molar-refractivity contribution < 1.29 is 22.4 Å². The molecule has 0 saturated carbocycles. The molecular weight excluding hydrogens is 495 g/mol. The topological polar surface area (TPSA) is 90.0 Å². The van der Waals surface area contributed by atoms with Crippen LogP contribution < -0.4 is 9.62 Å². The number of benzene rings is 2. The minimum absolute atomic E-state index is 0.00276. The minimum atomic E-state index is -4.23. The van der Waals surface area contributed by atoms with Crippen LogP contribution in [0.15, 0.2) is 48.5 Å². The van der Waals surface area contributed by atoms with Crippen molar-refractivity contribution in [1.29, 1.82) is 0 Å². The van der Waals surface area contributed by atoms with Gasteiger partial charge in [-0.25, -0.2) is 8.70 Å². The third-order valence-corrected chi connectivity index (χ3v) is 7.27. The highest BCUT2D eigenvalue weighted by Crippen LogP contribution is 2.24. The van der Waals surface area contributed by atoms with E-state index < -0.39 is 34.5 Å². The van der Waals surface area contributed by atoms with E-state index in [-0.39, 0.29) is 24.1 Å². The second-order valence-electron chi connectivity index (χ2n) is 8.71. The molecule has 2 rings (SSSR count). The summed E-state index contributed by atoms with van der Waals surface area (Å²) in [4.78, 5) is 27.6. The Bertz CT molecular complexity index is 1140. The Hall–Kier alpha value is -2.69. The van der Waals surface area contributed by atoms with Crippen LogP contribution in [0.4, 0.5) is 10.1 Å². The number of carbonyl (C=O) groups excluding carboxylic acids is 2. The van der Waals surface area contributed by atoms with Gasteiger partial charge in [0.25, 0.3) is 0 Å². The summed E-state index contributed by atoms with van der Waals surface area (Å²) in [5, 5.41) is 3.25. The fourth-order valence-corrected chi connectivity index (χ4v) is 4.50. The molecule has 35 heavy (non-hydrogen) atoms. The maximum Gasteiger partial charge on any atom is 0.304 e. The molecule has 0 aromatic heterocycles. The van der Waals surface area contributed by atoms with Crippen molar-refractivity contribution >= 4 is 39.3 Å². The molecule has 2 aromatic rings. The van der Waals surface area contributed by atoms with E-state index in [1.54, 1.807) is 31.2 Å². The van der Waals surface area contributed by atoms with E-state index in [2.05, 4.69) is 5.32 Å². The molecule has 0 bridgehead atoms. The second kappa shape index (κ2) is 12.3. The van der Waals surface area contributed by atoms with Crippen LogP contribution in [0.2, 0.25) is 5.02 Å².